The van der Waals surface area contributed by atoms with Gasteiger partial charge in [-0.3, -0.25) is 14.4 Å². The zero-order valence-corrected chi connectivity index (χ0v) is 24.4. The standard InChI is InChI=1S/C33H22Cl3N3O3/c1-17-10-12-19(15-25(17)35)39-31(41)28-27-20-6-2-4-8-23(20)33(29(28)32(39)42,24-9-5-3-7-21(24)27)16-37-38-30(40)22-13-11-18(34)14-26(22)36/h2-16,27-29H,1H3,(H,38,40)/b37-16-/t27?,28-,29+,33?/m0/s1. The van der Waals surface area contributed by atoms with E-state index in [1.54, 1.807) is 30.5 Å². The molecule has 2 atom stereocenters. The monoisotopic (exact) mass is 613 g/mol. The van der Waals surface area contributed by atoms with E-state index in [-0.39, 0.29) is 28.3 Å². The largest absolute Gasteiger partial charge is 0.274 e. The van der Waals surface area contributed by atoms with E-state index in [2.05, 4.69) is 10.5 Å². The molecule has 0 saturated carbocycles. The number of aryl methyl sites for hydroxylation is 1. The first-order chi connectivity index (χ1) is 20.2. The maximum atomic E-state index is 14.4. The lowest BCUT2D eigenvalue weighted by molar-refractivity contribution is -0.122. The summed E-state index contributed by atoms with van der Waals surface area (Å²) < 4.78 is 0. The summed E-state index contributed by atoms with van der Waals surface area (Å²) >= 11 is 18.7. The predicted octanol–water partition coefficient (Wildman–Crippen LogP) is 6.92. The SMILES string of the molecule is Cc1ccc(N2C(=O)[C@H]3C4c5ccccc5C(/C=N\NC(=O)c5ccc(Cl)cc5Cl)(c5ccccc54)[C@H]3C2=O)cc1Cl. The van der Waals surface area contributed by atoms with Gasteiger partial charge in [-0.25, -0.2) is 10.3 Å². The fourth-order valence-electron chi connectivity index (χ4n) is 6.95. The molecule has 208 valence electrons. The van der Waals surface area contributed by atoms with Gasteiger partial charge in [0.1, 0.15) is 0 Å². The molecule has 1 heterocycles. The molecule has 8 rings (SSSR count). The molecule has 3 aliphatic carbocycles. The molecule has 4 aromatic carbocycles. The van der Waals surface area contributed by atoms with Crippen LogP contribution in [0.4, 0.5) is 5.69 Å². The number of hydrogen-bond acceptors (Lipinski definition) is 4. The molecule has 0 spiro atoms. The van der Waals surface area contributed by atoms with Gasteiger partial charge in [-0.15, -0.1) is 0 Å². The highest BCUT2D eigenvalue weighted by Gasteiger charge is 2.68. The van der Waals surface area contributed by atoms with E-state index in [1.165, 1.54) is 17.0 Å². The number of amides is 3. The zero-order valence-electron chi connectivity index (χ0n) is 22.1. The molecule has 2 bridgehead atoms. The average Bonchev–Trinajstić information content (AvgIpc) is 3.25. The summed E-state index contributed by atoms with van der Waals surface area (Å²) in [6.45, 7) is 1.87. The molecule has 0 radical (unpaired) electrons. The Morgan fingerprint density at radius 3 is 2.17 bits per heavy atom. The Bertz CT molecular complexity index is 1820. The molecule has 6 nitrogen and oxygen atoms in total. The van der Waals surface area contributed by atoms with Crippen LogP contribution in [-0.4, -0.2) is 23.9 Å². The van der Waals surface area contributed by atoms with E-state index in [0.717, 1.165) is 27.8 Å². The minimum absolute atomic E-state index is 0.186. The number of carbonyl (C=O) groups is 3. The lowest BCUT2D eigenvalue weighted by Crippen LogP contribution is -2.54. The van der Waals surface area contributed by atoms with Gasteiger partial charge in [0.15, 0.2) is 0 Å². The zero-order chi connectivity index (χ0) is 29.3. The topological polar surface area (TPSA) is 78.8 Å². The second-order valence-corrected chi connectivity index (χ2v) is 12.0. The number of anilines is 1. The minimum atomic E-state index is -1.13. The van der Waals surface area contributed by atoms with E-state index in [0.29, 0.717) is 15.7 Å². The van der Waals surface area contributed by atoms with Crippen molar-refractivity contribution >= 4 is 64.4 Å². The van der Waals surface area contributed by atoms with Crippen molar-refractivity contribution in [2.45, 2.75) is 18.3 Å². The third-order valence-corrected chi connectivity index (χ3v) is 9.66. The Balaban J connectivity index is 1.39. The van der Waals surface area contributed by atoms with E-state index < -0.39 is 23.2 Å². The Kier molecular flexibility index (Phi) is 6.28. The number of rotatable bonds is 4. The van der Waals surface area contributed by atoms with Gasteiger partial charge in [0.2, 0.25) is 11.8 Å². The first kappa shape index (κ1) is 26.9. The normalized spacial score (nSPS) is 23.6. The number of imide groups is 1. The summed E-state index contributed by atoms with van der Waals surface area (Å²) in [4.78, 5) is 43.0. The first-order valence-corrected chi connectivity index (χ1v) is 14.5. The highest BCUT2D eigenvalue weighted by Crippen LogP contribution is 2.63. The lowest BCUT2D eigenvalue weighted by atomic mass is 9.47. The van der Waals surface area contributed by atoms with Crippen LogP contribution >= 0.6 is 34.8 Å². The van der Waals surface area contributed by atoms with E-state index in [9.17, 15) is 14.4 Å². The molecule has 42 heavy (non-hydrogen) atoms. The summed E-state index contributed by atoms with van der Waals surface area (Å²) in [6, 6.07) is 25.4. The van der Waals surface area contributed by atoms with Crippen molar-refractivity contribution < 1.29 is 14.4 Å². The fraction of sp³-hybridized carbons (Fsp3) is 0.152. The van der Waals surface area contributed by atoms with Gasteiger partial charge in [0.25, 0.3) is 5.91 Å². The Morgan fingerprint density at radius 1 is 0.857 bits per heavy atom. The smallest absolute Gasteiger partial charge is 0.272 e. The lowest BCUT2D eigenvalue weighted by Gasteiger charge is -2.52. The Morgan fingerprint density at radius 2 is 1.52 bits per heavy atom. The van der Waals surface area contributed by atoms with E-state index >= 15 is 0 Å². The molecule has 4 aliphatic rings. The molecule has 1 saturated heterocycles. The molecule has 3 amide bonds. The fourth-order valence-corrected chi connectivity index (χ4v) is 7.62. The molecule has 1 N–H and O–H groups in total. The van der Waals surface area contributed by atoms with Gasteiger partial charge in [-0.05, 0) is 65.1 Å². The molecular formula is C33H22Cl3N3O3. The minimum Gasteiger partial charge on any atom is -0.274 e. The van der Waals surface area contributed by atoms with Gasteiger partial charge in [0, 0.05) is 22.2 Å². The molecule has 1 aliphatic heterocycles. The number of hydrazone groups is 1. The van der Waals surface area contributed by atoms with Crippen molar-refractivity contribution in [3.63, 3.8) is 0 Å². The van der Waals surface area contributed by atoms with Crippen LogP contribution in [0, 0.1) is 18.8 Å². The Hall–Kier alpha value is -3.97. The van der Waals surface area contributed by atoms with Crippen LogP contribution in [0.25, 0.3) is 0 Å². The average molecular weight is 615 g/mol. The second-order valence-electron chi connectivity index (χ2n) is 10.8. The van der Waals surface area contributed by atoms with Crippen molar-refractivity contribution in [2.24, 2.45) is 16.9 Å². The number of halogens is 3. The van der Waals surface area contributed by atoms with E-state index in [4.69, 9.17) is 34.8 Å². The van der Waals surface area contributed by atoms with Gasteiger partial charge in [0.05, 0.1) is 33.5 Å². The molecule has 0 unspecified atom stereocenters. The number of carbonyl (C=O) groups excluding carboxylic acids is 3. The number of nitrogens with zero attached hydrogens (tertiary/aromatic N) is 2. The number of benzene rings is 4. The van der Waals surface area contributed by atoms with Crippen molar-refractivity contribution in [3.8, 4) is 0 Å². The third kappa shape index (κ3) is 3.72. The summed E-state index contributed by atoms with van der Waals surface area (Å²) in [7, 11) is 0. The summed E-state index contributed by atoms with van der Waals surface area (Å²) in [5, 5.41) is 5.48. The summed E-state index contributed by atoms with van der Waals surface area (Å²) in [6.07, 6.45) is 1.61. The highest BCUT2D eigenvalue weighted by atomic mass is 35.5. The Labute approximate surface area is 256 Å². The molecule has 1 fully saturated rings. The third-order valence-electron chi connectivity index (χ3n) is 8.71. The van der Waals surface area contributed by atoms with Crippen molar-refractivity contribution in [3.05, 3.63) is 133 Å². The van der Waals surface area contributed by atoms with Crippen LogP contribution in [0.3, 0.4) is 0 Å². The van der Waals surface area contributed by atoms with Crippen LogP contribution in [-0.2, 0) is 15.0 Å². The second kappa shape index (κ2) is 9.80. The van der Waals surface area contributed by atoms with Crippen LogP contribution in [0.1, 0.15) is 44.1 Å². The molecule has 9 heteroatoms. The number of hydrogen-bond donors (Lipinski definition) is 1. The molecule has 4 aromatic rings. The predicted molar refractivity (Wildman–Crippen MR) is 164 cm³/mol. The maximum Gasteiger partial charge on any atom is 0.272 e. The van der Waals surface area contributed by atoms with Crippen molar-refractivity contribution in [1.29, 1.82) is 0 Å². The summed E-state index contributed by atoms with van der Waals surface area (Å²) in [5.74, 6) is -2.93. The van der Waals surface area contributed by atoms with Gasteiger partial charge in [-0.1, -0.05) is 89.4 Å². The van der Waals surface area contributed by atoms with Gasteiger partial charge >= 0.3 is 0 Å². The number of nitrogens with one attached hydrogen (secondary N) is 1. The van der Waals surface area contributed by atoms with Crippen LogP contribution < -0.4 is 10.3 Å². The van der Waals surface area contributed by atoms with Gasteiger partial charge < -0.3 is 0 Å². The van der Waals surface area contributed by atoms with Crippen LogP contribution in [0.5, 0.6) is 0 Å². The van der Waals surface area contributed by atoms with E-state index in [1.807, 2.05) is 55.5 Å². The first-order valence-electron chi connectivity index (χ1n) is 13.4. The molecule has 0 aromatic heterocycles. The maximum absolute atomic E-state index is 14.4. The quantitative estimate of drug-likeness (QED) is 0.154. The highest BCUT2D eigenvalue weighted by molar-refractivity contribution is 6.36. The summed E-state index contributed by atoms with van der Waals surface area (Å²) in [5.41, 5.74) is 6.61. The van der Waals surface area contributed by atoms with Crippen molar-refractivity contribution in [1.82, 2.24) is 5.43 Å². The van der Waals surface area contributed by atoms with Crippen molar-refractivity contribution in [2.75, 3.05) is 4.90 Å². The van der Waals surface area contributed by atoms with Crippen LogP contribution in [0.2, 0.25) is 15.1 Å². The van der Waals surface area contributed by atoms with Gasteiger partial charge in [-0.2, -0.15) is 5.10 Å². The van der Waals surface area contributed by atoms with Crippen LogP contribution in [0.15, 0.2) is 90.0 Å². The molecular weight excluding hydrogens is 593 g/mol.